The predicted octanol–water partition coefficient (Wildman–Crippen LogP) is 2.76. The lowest BCUT2D eigenvalue weighted by Crippen LogP contribution is -2.35. The van der Waals surface area contributed by atoms with E-state index in [9.17, 15) is 4.79 Å². The lowest BCUT2D eigenvalue weighted by Gasteiger charge is -2.20. The maximum Gasteiger partial charge on any atom is 0.283 e. The van der Waals surface area contributed by atoms with Crippen LogP contribution in [0.15, 0.2) is 64.5 Å². The van der Waals surface area contributed by atoms with Crippen molar-refractivity contribution in [1.29, 1.82) is 5.41 Å². The Kier molecular flexibility index (Phi) is 4.10. The minimum Gasteiger partial charge on any atom is -0.497 e. The molecule has 0 aliphatic carbocycles. The summed E-state index contributed by atoms with van der Waals surface area (Å²) in [6.45, 7) is 0. The van der Waals surface area contributed by atoms with Gasteiger partial charge in [-0.1, -0.05) is 12.1 Å². The summed E-state index contributed by atoms with van der Waals surface area (Å²) < 4.78 is 5.13. The van der Waals surface area contributed by atoms with Crippen LogP contribution in [0.5, 0.6) is 5.75 Å². The molecule has 128 valence electrons. The van der Waals surface area contributed by atoms with Crippen molar-refractivity contribution in [3.63, 3.8) is 0 Å². The molecule has 0 saturated carbocycles. The maximum atomic E-state index is 12.4. The van der Waals surface area contributed by atoms with Gasteiger partial charge in [-0.25, -0.2) is 0 Å². The molecule has 0 atom stereocenters. The number of rotatable bonds is 3. The smallest absolute Gasteiger partial charge is 0.283 e. The van der Waals surface area contributed by atoms with Gasteiger partial charge in [0, 0.05) is 18.0 Å². The molecule has 1 amide bonds. The number of pyridine rings is 1. The van der Waals surface area contributed by atoms with Crippen LogP contribution >= 0.6 is 11.8 Å². The van der Waals surface area contributed by atoms with Gasteiger partial charge < -0.3 is 4.74 Å². The number of hydrogen-bond acceptors (Lipinski definition) is 6. The number of nitrogens with zero attached hydrogens (tertiary/aromatic N) is 4. The van der Waals surface area contributed by atoms with Gasteiger partial charge in [-0.2, -0.15) is 15.1 Å². The fraction of sp³-hybridized carbons (Fsp3) is 0.0556. The van der Waals surface area contributed by atoms with E-state index in [-0.39, 0.29) is 11.4 Å². The van der Waals surface area contributed by atoms with Crippen LogP contribution < -0.4 is 4.74 Å². The standard InChI is InChI=1S/C18H13N5O2S/c1-25-13-6-4-11(5-7-13)9-14-15(19)23-18(21-16(14)24)26-17(22-23)12-3-2-8-20-10-12/h2-10,19H,1H3/b14-9+,19-15?. The number of carbonyl (C=O) groups excluding carboxylic acids is 1. The second-order valence-electron chi connectivity index (χ2n) is 5.44. The summed E-state index contributed by atoms with van der Waals surface area (Å²) in [4.78, 5) is 20.5. The van der Waals surface area contributed by atoms with Crippen LogP contribution in [-0.2, 0) is 4.79 Å². The zero-order valence-electron chi connectivity index (χ0n) is 13.7. The highest BCUT2D eigenvalue weighted by Crippen LogP contribution is 2.30. The van der Waals surface area contributed by atoms with Gasteiger partial charge in [-0.15, -0.1) is 0 Å². The number of fused-ring (bicyclic) bond motifs is 1. The summed E-state index contributed by atoms with van der Waals surface area (Å²) in [5, 5.41) is 15.2. The number of aliphatic imine (C=N–C) groups is 1. The van der Waals surface area contributed by atoms with Crippen LogP contribution in [0.25, 0.3) is 6.08 Å². The van der Waals surface area contributed by atoms with Gasteiger partial charge in [0.05, 0.1) is 12.7 Å². The Labute approximate surface area is 153 Å². The fourth-order valence-corrected chi connectivity index (χ4v) is 3.35. The van der Waals surface area contributed by atoms with E-state index in [2.05, 4.69) is 15.1 Å². The van der Waals surface area contributed by atoms with Crippen molar-refractivity contribution in [2.24, 2.45) is 10.1 Å². The number of carbonyl (C=O) groups is 1. The number of amidine groups is 2. The topological polar surface area (TPSA) is 91.0 Å². The molecule has 0 fully saturated rings. The summed E-state index contributed by atoms with van der Waals surface area (Å²) in [6.07, 6.45) is 4.99. The Bertz CT molecular complexity index is 980. The first kappa shape index (κ1) is 16.2. The summed E-state index contributed by atoms with van der Waals surface area (Å²) in [5.41, 5.74) is 1.78. The second-order valence-corrected chi connectivity index (χ2v) is 6.40. The van der Waals surface area contributed by atoms with Crippen LogP contribution in [0.1, 0.15) is 11.1 Å². The molecular formula is C18H13N5O2S. The zero-order chi connectivity index (χ0) is 18.1. The third kappa shape index (κ3) is 2.91. The maximum absolute atomic E-state index is 12.4. The highest BCUT2D eigenvalue weighted by molar-refractivity contribution is 8.27. The number of methoxy groups -OCH3 is 1. The number of thioether (sulfide) groups is 1. The minimum absolute atomic E-state index is 0.00204. The quantitative estimate of drug-likeness (QED) is 0.847. The Morgan fingerprint density at radius 1 is 1.23 bits per heavy atom. The van der Waals surface area contributed by atoms with Crippen molar-refractivity contribution in [1.82, 2.24) is 9.99 Å². The number of amides is 1. The van der Waals surface area contributed by atoms with Crippen molar-refractivity contribution >= 4 is 39.8 Å². The van der Waals surface area contributed by atoms with Gasteiger partial charge in [0.25, 0.3) is 5.91 Å². The van der Waals surface area contributed by atoms with Gasteiger partial charge in [0.15, 0.2) is 5.84 Å². The van der Waals surface area contributed by atoms with E-state index in [0.717, 1.165) is 16.9 Å². The highest BCUT2D eigenvalue weighted by atomic mass is 32.2. The van der Waals surface area contributed by atoms with Crippen LogP contribution in [0, 0.1) is 5.41 Å². The first-order valence-electron chi connectivity index (χ1n) is 7.70. The summed E-state index contributed by atoms with van der Waals surface area (Å²) in [6, 6.07) is 10.9. The molecule has 2 aromatic rings. The van der Waals surface area contributed by atoms with Crippen molar-refractivity contribution in [3.8, 4) is 5.75 Å². The van der Waals surface area contributed by atoms with E-state index >= 15 is 0 Å². The molecule has 2 aliphatic heterocycles. The van der Waals surface area contributed by atoms with E-state index < -0.39 is 5.91 Å². The van der Waals surface area contributed by atoms with Gasteiger partial charge in [0.1, 0.15) is 10.8 Å². The summed E-state index contributed by atoms with van der Waals surface area (Å²) in [7, 11) is 1.59. The monoisotopic (exact) mass is 363 g/mol. The van der Waals surface area contributed by atoms with Crippen molar-refractivity contribution < 1.29 is 9.53 Å². The third-order valence-corrected chi connectivity index (χ3v) is 4.75. The van der Waals surface area contributed by atoms with Crippen molar-refractivity contribution in [2.75, 3.05) is 7.11 Å². The molecule has 0 radical (unpaired) electrons. The van der Waals surface area contributed by atoms with Gasteiger partial charge >= 0.3 is 0 Å². The van der Waals surface area contributed by atoms with E-state index in [4.69, 9.17) is 10.1 Å². The van der Waals surface area contributed by atoms with Gasteiger partial charge in [0.2, 0.25) is 5.17 Å². The van der Waals surface area contributed by atoms with E-state index in [1.807, 2.05) is 24.3 Å². The average molecular weight is 363 g/mol. The number of ether oxygens (including phenoxy) is 1. The lowest BCUT2D eigenvalue weighted by molar-refractivity contribution is -0.114. The highest BCUT2D eigenvalue weighted by Gasteiger charge is 2.36. The molecule has 2 aliphatic rings. The number of hydrazone groups is 1. The van der Waals surface area contributed by atoms with Gasteiger partial charge in [-0.3, -0.25) is 15.2 Å². The molecule has 7 nitrogen and oxygen atoms in total. The van der Waals surface area contributed by atoms with Crippen LogP contribution in [0.4, 0.5) is 0 Å². The molecule has 3 heterocycles. The normalized spacial score (nSPS) is 17.9. The fourth-order valence-electron chi connectivity index (χ4n) is 2.46. The molecule has 1 aromatic heterocycles. The molecule has 4 rings (SSSR count). The Morgan fingerprint density at radius 2 is 2.04 bits per heavy atom. The van der Waals surface area contributed by atoms with Crippen LogP contribution in [0.3, 0.4) is 0 Å². The minimum atomic E-state index is -0.452. The molecule has 26 heavy (non-hydrogen) atoms. The molecule has 0 saturated heterocycles. The Hall–Kier alpha value is -3.26. The van der Waals surface area contributed by atoms with Crippen LogP contribution in [-0.4, -0.2) is 39.1 Å². The first-order valence-corrected chi connectivity index (χ1v) is 8.52. The number of nitrogens with one attached hydrogen (secondary N) is 1. The summed E-state index contributed by atoms with van der Waals surface area (Å²) >= 11 is 1.25. The number of aromatic nitrogens is 1. The van der Waals surface area contributed by atoms with Crippen molar-refractivity contribution in [2.45, 2.75) is 0 Å². The number of benzene rings is 1. The van der Waals surface area contributed by atoms with Gasteiger partial charge in [-0.05, 0) is 47.7 Å². The van der Waals surface area contributed by atoms with Crippen LogP contribution in [0.2, 0.25) is 0 Å². The van der Waals surface area contributed by atoms with E-state index in [1.54, 1.807) is 37.7 Å². The molecule has 1 aromatic carbocycles. The Morgan fingerprint density at radius 3 is 2.73 bits per heavy atom. The average Bonchev–Trinajstić information content (AvgIpc) is 3.10. The van der Waals surface area contributed by atoms with E-state index in [0.29, 0.717) is 10.2 Å². The molecular weight excluding hydrogens is 350 g/mol. The first-order chi connectivity index (χ1) is 12.7. The SMILES string of the molecule is COc1ccc(/C=C2\C(=N)N3N=C(c4cccnc4)SC3=NC2=O)cc1. The molecule has 0 unspecified atom stereocenters. The largest absolute Gasteiger partial charge is 0.497 e. The lowest BCUT2D eigenvalue weighted by atomic mass is 10.1. The van der Waals surface area contributed by atoms with Crippen molar-refractivity contribution in [3.05, 3.63) is 65.5 Å². The molecule has 0 spiro atoms. The molecule has 0 bridgehead atoms. The second kappa shape index (κ2) is 6.57. The number of hydrogen-bond donors (Lipinski definition) is 1. The van der Waals surface area contributed by atoms with E-state index in [1.165, 1.54) is 16.8 Å². The predicted molar refractivity (Wildman–Crippen MR) is 101 cm³/mol. The molecule has 8 heteroatoms. The summed E-state index contributed by atoms with van der Waals surface area (Å²) in [5.74, 6) is 0.272. The Balaban J connectivity index is 1.66. The zero-order valence-corrected chi connectivity index (χ0v) is 14.5. The third-order valence-electron chi connectivity index (χ3n) is 3.79. The molecule has 1 N–H and O–H groups in total.